The first kappa shape index (κ1) is 15.0. The zero-order valence-electron chi connectivity index (χ0n) is 12.8. The first-order valence-corrected chi connectivity index (χ1v) is 7.49. The predicted molar refractivity (Wildman–Crippen MR) is 88.6 cm³/mol. The monoisotopic (exact) mass is 334 g/mol. The van der Waals surface area contributed by atoms with Crippen LogP contribution in [0.1, 0.15) is 10.4 Å². The third-order valence-corrected chi connectivity index (χ3v) is 3.51. The van der Waals surface area contributed by atoms with E-state index in [4.69, 9.17) is 9.15 Å². The van der Waals surface area contributed by atoms with E-state index in [9.17, 15) is 9.18 Å². The topological polar surface area (TPSA) is 65.2 Å². The fraction of sp³-hybridized carbons (Fsp3) is 0. The first-order valence-electron chi connectivity index (χ1n) is 7.49. The molecule has 0 spiro atoms. The number of rotatable bonds is 3. The van der Waals surface area contributed by atoms with Gasteiger partial charge in [-0.15, -0.1) is 0 Å². The van der Waals surface area contributed by atoms with Crippen LogP contribution in [-0.4, -0.2) is 15.9 Å². The van der Waals surface area contributed by atoms with Crippen molar-refractivity contribution in [2.75, 3.05) is 0 Å². The summed E-state index contributed by atoms with van der Waals surface area (Å²) in [5, 5.41) is 0. The molecule has 0 N–H and O–H groups in total. The van der Waals surface area contributed by atoms with Crippen molar-refractivity contribution < 1.29 is 18.3 Å². The number of ether oxygens (including phenoxy) is 1. The number of carbonyl (C=O) groups excluding carboxylic acids is 1. The van der Waals surface area contributed by atoms with Crippen LogP contribution in [0.3, 0.4) is 0 Å². The maximum Gasteiger partial charge on any atom is 0.343 e. The summed E-state index contributed by atoms with van der Waals surface area (Å²) in [6.45, 7) is 0. The molecule has 0 amide bonds. The second-order valence-corrected chi connectivity index (χ2v) is 5.26. The van der Waals surface area contributed by atoms with Crippen molar-refractivity contribution in [1.82, 2.24) is 9.97 Å². The second kappa shape index (κ2) is 6.16. The number of benzene rings is 2. The largest absolute Gasteiger partial charge is 0.435 e. The summed E-state index contributed by atoms with van der Waals surface area (Å²) in [7, 11) is 0. The molecular weight excluding hydrogens is 323 g/mol. The number of hydrogen-bond donors (Lipinski definition) is 0. The van der Waals surface area contributed by atoms with Crippen molar-refractivity contribution in [1.29, 1.82) is 0 Å². The summed E-state index contributed by atoms with van der Waals surface area (Å²) in [6.07, 6.45) is 1.65. The molecule has 0 saturated heterocycles. The van der Waals surface area contributed by atoms with Crippen molar-refractivity contribution >= 4 is 17.1 Å². The molecule has 0 aliphatic carbocycles. The lowest BCUT2D eigenvalue weighted by atomic mass is 10.2. The summed E-state index contributed by atoms with van der Waals surface area (Å²) in [5.41, 5.74) is 1.82. The summed E-state index contributed by atoms with van der Waals surface area (Å²) < 4.78 is 24.1. The molecule has 122 valence electrons. The first-order chi connectivity index (χ1) is 12.2. The number of nitrogens with zero attached hydrogens (tertiary/aromatic N) is 2. The molecule has 5 nitrogen and oxygen atoms in total. The fourth-order valence-corrected chi connectivity index (χ4v) is 2.35. The van der Waals surface area contributed by atoms with E-state index in [-0.39, 0.29) is 11.3 Å². The highest BCUT2D eigenvalue weighted by atomic mass is 19.1. The van der Waals surface area contributed by atoms with Crippen molar-refractivity contribution in [2.24, 2.45) is 0 Å². The van der Waals surface area contributed by atoms with E-state index in [1.807, 2.05) is 6.07 Å². The maximum atomic E-state index is 13.2. The van der Waals surface area contributed by atoms with Crippen LogP contribution in [0.25, 0.3) is 22.7 Å². The second-order valence-electron chi connectivity index (χ2n) is 5.26. The lowest BCUT2D eigenvalue weighted by molar-refractivity contribution is 0.0734. The minimum absolute atomic E-state index is 0.131. The van der Waals surface area contributed by atoms with Crippen LogP contribution < -0.4 is 4.74 Å². The average molecular weight is 334 g/mol. The van der Waals surface area contributed by atoms with Gasteiger partial charge >= 0.3 is 5.97 Å². The zero-order valence-corrected chi connectivity index (χ0v) is 12.8. The molecule has 25 heavy (non-hydrogen) atoms. The van der Waals surface area contributed by atoms with Crippen LogP contribution in [0, 0.1) is 5.82 Å². The molecule has 0 saturated carbocycles. The van der Waals surface area contributed by atoms with Gasteiger partial charge in [0.25, 0.3) is 0 Å². The van der Waals surface area contributed by atoms with Gasteiger partial charge in [0, 0.05) is 12.3 Å². The Hall–Kier alpha value is -3.54. The molecule has 4 aromatic rings. The standard InChI is InChI=1S/C19H11FN2O3/c20-13-5-3-4-12(10-13)19(23)24-14-7-8-15-17(11-14)25-18(22-15)16-6-1-2-9-21-16/h1-11H. The molecule has 0 fully saturated rings. The molecule has 2 aromatic carbocycles. The Morgan fingerprint density at radius 3 is 2.76 bits per heavy atom. The summed E-state index contributed by atoms with van der Waals surface area (Å²) in [6, 6.07) is 15.6. The lowest BCUT2D eigenvalue weighted by Crippen LogP contribution is -2.08. The number of oxazole rings is 1. The highest BCUT2D eigenvalue weighted by Crippen LogP contribution is 2.26. The van der Waals surface area contributed by atoms with E-state index >= 15 is 0 Å². The minimum atomic E-state index is -0.650. The van der Waals surface area contributed by atoms with Gasteiger partial charge in [-0.05, 0) is 42.5 Å². The number of pyridine rings is 1. The molecular formula is C19H11FN2O3. The Morgan fingerprint density at radius 1 is 1.04 bits per heavy atom. The molecule has 2 aromatic heterocycles. The van der Waals surface area contributed by atoms with Gasteiger partial charge in [0.2, 0.25) is 5.89 Å². The molecule has 0 aliphatic heterocycles. The Bertz CT molecular complexity index is 1060. The van der Waals surface area contributed by atoms with Crippen LogP contribution in [-0.2, 0) is 0 Å². The smallest absolute Gasteiger partial charge is 0.343 e. The molecule has 0 radical (unpaired) electrons. The van der Waals surface area contributed by atoms with Crippen LogP contribution in [0.4, 0.5) is 4.39 Å². The van der Waals surface area contributed by atoms with Crippen LogP contribution in [0.2, 0.25) is 0 Å². The maximum absolute atomic E-state index is 13.2. The lowest BCUT2D eigenvalue weighted by Gasteiger charge is -2.03. The Labute approximate surface area is 141 Å². The average Bonchev–Trinajstić information content (AvgIpc) is 3.06. The fourth-order valence-electron chi connectivity index (χ4n) is 2.35. The molecule has 2 heterocycles. The Morgan fingerprint density at radius 2 is 1.96 bits per heavy atom. The van der Waals surface area contributed by atoms with E-state index in [2.05, 4.69) is 9.97 Å². The molecule has 4 rings (SSSR count). The van der Waals surface area contributed by atoms with Gasteiger partial charge < -0.3 is 9.15 Å². The summed E-state index contributed by atoms with van der Waals surface area (Å²) in [4.78, 5) is 20.6. The van der Waals surface area contributed by atoms with Gasteiger partial charge in [0.15, 0.2) is 5.58 Å². The van der Waals surface area contributed by atoms with Crippen molar-refractivity contribution in [3.8, 4) is 17.3 Å². The number of hydrogen-bond acceptors (Lipinski definition) is 5. The van der Waals surface area contributed by atoms with Gasteiger partial charge in [0.1, 0.15) is 22.8 Å². The van der Waals surface area contributed by atoms with Gasteiger partial charge in [-0.1, -0.05) is 12.1 Å². The van der Waals surface area contributed by atoms with E-state index in [0.717, 1.165) is 6.07 Å². The van der Waals surface area contributed by atoms with Gasteiger partial charge in [-0.25, -0.2) is 14.2 Å². The Balaban J connectivity index is 1.62. The number of esters is 1. The Kier molecular flexibility index (Phi) is 3.70. The molecule has 0 aliphatic rings. The van der Waals surface area contributed by atoms with Gasteiger partial charge in [-0.2, -0.15) is 0 Å². The van der Waals surface area contributed by atoms with Crippen molar-refractivity contribution in [2.45, 2.75) is 0 Å². The van der Waals surface area contributed by atoms with E-state index in [0.29, 0.717) is 22.7 Å². The number of aromatic nitrogens is 2. The molecule has 0 unspecified atom stereocenters. The van der Waals surface area contributed by atoms with Crippen molar-refractivity contribution in [3.63, 3.8) is 0 Å². The summed E-state index contributed by atoms with van der Waals surface area (Å²) in [5.74, 6) is -0.488. The van der Waals surface area contributed by atoms with E-state index in [1.54, 1.807) is 36.5 Å². The minimum Gasteiger partial charge on any atom is -0.435 e. The SMILES string of the molecule is O=C(Oc1ccc2nc(-c3ccccn3)oc2c1)c1cccc(F)c1. The van der Waals surface area contributed by atoms with Gasteiger partial charge in [-0.3, -0.25) is 4.98 Å². The van der Waals surface area contributed by atoms with Crippen LogP contribution in [0.5, 0.6) is 5.75 Å². The third-order valence-electron chi connectivity index (χ3n) is 3.51. The highest BCUT2D eigenvalue weighted by molar-refractivity contribution is 5.91. The number of fused-ring (bicyclic) bond motifs is 1. The molecule has 0 atom stereocenters. The normalized spacial score (nSPS) is 10.8. The van der Waals surface area contributed by atoms with Crippen LogP contribution in [0.15, 0.2) is 71.3 Å². The summed E-state index contributed by atoms with van der Waals surface area (Å²) >= 11 is 0. The van der Waals surface area contributed by atoms with Crippen molar-refractivity contribution in [3.05, 3.63) is 78.2 Å². The number of carbonyl (C=O) groups is 1. The predicted octanol–water partition coefficient (Wildman–Crippen LogP) is 4.25. The van der Waals surface area contributed by atoms with Crippen LogP contribution >= 0.6 is 0 Å². The third kappa shape index (κ3) is 3.10. The number of halogens is 1. The van der Waals surface area contributed by atoms with E-state index in [1.165, 1.54) is 18.2 Å². The van der Waals surface area contributed by atoms with Gasteiger partial charge in [0.05, 0.1) is 5.56 Å². The quantitative estimate of drug-likeness (QED) is 0.414. The van der Waals surface area contributed by atoms with E-state index < -0.39 is 11.8 Å². The highest BCUT2D eigenvalue weighted by Gasteiger charge is 2.13. The zero-order chi connectivity index (χ0) is 17.2. The molecule has 6 heteroatoms. The molecule has 0 bridgehead atoms.